The molecule has 0 atom stereocenters. The first kappa shape index (κ1) is 4.98. The van der Waals surface area contributed by atoms with Crippen LogP contribution in [0.5, 0.6) is 0 Å². The van der Waals surface area contributed by atoms with Crippen molar-refractivity contribution in [1.29, 1.82) is 0 Å². The van der Waals surface area contributed by atoms with Crippen LogP contribution in [0, 0.1) is 0 Å². The molecular formula is C2H5ClPt. The van der Waals surface area contributed by atoms with Gasteiger partial charge in [-0.1, -0.05) is 0 Å². The van der Waals surface area contributed by atoms with Crippen molar-refractivity contribution in [2.24, 2.45) is 0 Å². The molecule has 1 rings (SSSR count). The van der Waals surface area contributed by atoms with E-state index in [0.29, 0.717) is 0 Å². The first-order valence-corrected chi connectivity index (χ1v) is 4.16. The van der Waals surface area contributed by atoms with E-state index < -0.39 is 0 Å². The van der Waals surface area contributed by atoms with E-state index in [1.807, 2.05) is 0 Å². The van der Waals surface area contributed by atoms with E-state index in [9.17, 15) is 0 Å². The third-order valence-corrected chi connectivity index (χ3v) is 1.29. The van der Waals surface area contributed by atoms with Crippen LogP contribution in [-0.2, 0) is 18.6 Å². The number of rotatable bonds is 0. The van der Waals surface area contributed by atoms with Crippen molar-refractivity contribution in [3.8, 4) is 0 Å². The Labute approximate surface area is 40.9 Å². The van der Waals surface area contributed by atoms with Gasteiger partial charge < -0.3 is 0 Å². The van der Waals surface area contributed by atoms with Gasteiger partial charge in [0.15, 0.2) is 0 Å². The zero-order valence-corrected chi connectivity index (χ0v) is 5.23. The number of hydrogen-bond acceptors (Lipinski definition) is 0. The zero-order valence-electron chi connectivity index (χ0n) is 2.14. The van der Waals surface area contributed by atoms with Crippen molar-refractivity contribution in [3.63, 3.8) is 0 Å². The van der Waals surface area contributed by atoms with Crippen molar-refractivity contribution in [2.45, 2.75) is 9.62 Å². The Morgan fingerprint density at radius 3 is 1.50 bits per heavy atom. The molecule has 0 bridgehead atoms. The monoisotopic (exact) mass is 259 g/mol. The van der Waals surface area contributed by atoms with Crippen LogP contribution in [0.15, 0.2) is 0 Å². The Morgan fingerprint density at radius 2 is 1.50 bits per heavy atom. The Balaban J connectivity index is 0.0000000900. The van der Waals surface area contributed by atoms with Gasteiger partial charge in [0.2, 0.25) is 0 Å². The van der Waals surface area contributed by atoms with Gasteiger partial charge in [-0.15, -0.1) is 12.4 Å². The Bertz CT molecular complexity index is 10.8. The van der Waals surface area contributed by atoms with Crippen LogP contribution in [-0.4, -0.2) is 0 Å². The summed E-state index contributed by atoms with van der Waals surface area (Å²) in [5.74, 6) is 0. The molecule has 0 aromatic rings. The third-order valence-electron chi connectivity index (χ3n) is 0.158. The zero-order chi connectivity index (χ0) is 2.12. The molecule has 0 aromatic carbocycles. The topological polar surface area (TPSA) is 0 Å². The molecule has 30 valence electrons. The third kappa shape index (κ3) is 2.98. The second kappa shape index (κ2) is 2.23. The molecule has 2 heteroatoms. The standard InChI is InChI=1S/C2H4.ClH.Pt/c1-2;;/h1-2H2;1H;. The Morgan fingerprint density at radius 1 is 1.25 bits per heavy atom. The van der Waals surface area contributed by atoms with Crippen molar-refractivity contribution < 1.29 is 18.6 Å². The molecular weight excluding hydrogens is 255 g/mol. The van der Waals surface area contributed by atoms with Gasteiger partial charge in [0.1, 0.15) is 0 Å². The van der Waals surface area contributed by atoms with Crippen molar-refractivity contribution >= 4 is 12.4 Å². The van der Waals surface area contributed by atoms with Gasteiger partial charge in [-0.3, -0.25) is 0 Å². The summed E-state index contributed by atoms with van der Waals surface area (Å²) in [4.78, 5) is 3.22. The second-order valence-electron chi connectivity index (χ2n) is 0.474. The van der Waals surface area contributed by atoms with Gasteiger partial charge >= 0.3 is 28.2 Å². The summed E-state index contributed by atoms with van der Waals surface area (Å²) in [6, 6.07) is 0. The molecule has 1 fully saturated rings. The second-order valence-corrected chi connectivity index (χ2v) is 3.88. The number of hydrogen-bond donors (Lipinski definition) is 0. The summed E-state index contributed by atoms with van der Waals surface area (Å²) in [7, 11) is 0. The quantitative estimate of drug-likeness (QED) is 0.616. The summed E-state index contributed by atoms with van der Waals surface area (Å²) < 4.78 is 0. The predicted octanol–water partition coefficient (Wildman–Crippen LogP) is 1.34. The summed E-state index contributed by atoms with van der Waals surface area (Å²) in [5, 5.41) is 0. The van der Waals surface area contributed by atoms with Gasteiger partial charge in [-0.2, -0.15) is 0 Å². The van der Waals surface area contributed by atoms with E-state index in [2.05, 4.69) is 0 Å². The Kier molecular flexibility index (Phi) is 2.78. The Hall–Kier alpha value is 0.978. The molecule has 1 saturated heterocycles. The van der Waals surface area contributed by atoms with E-state index in [4.69, 9.17) is 0 Å². The fourth-order valence-electron chi connectivity index (χ4n) is 0. The van der Waals surface area contributed by atoms with Crippen LogP contribution in [0.4, 0.5) is 0 Å². The summed E-state index contributed by atoms with van der Waals surface area (Å²) in [5.41, 5.74) is 0. The van der Waals surface area contributed by atoms with E-state index in [-0.39, 0.29) is 12.4 Å². The van der Waals surface area contributed by atoms with Gasteiger partial charge in [-0.05, 0) is 0 Å². The van der Waals surface area contributed by atoms with E-state index >= 15 is 0 Å². The molecule has 0 aliphatic carbocycles. The van der Waals surface area contributed by atoms with Crippen LogP contribution < -0.4 is 0 Å². The molecule has 0 saturated carbocycles. The van der Waals surface area contributed by atoms with Crippen molar-refractivity contribution in [1.82, 2.24) is 0 Å². The summed E-state index contributed by atoms with van der Waals surface area (Å²) in [6.45, 7) is 0. The molecule has 0 amide bonds. The first-order chi connectivity index (χ1) is 1.50. The molecule has 1 heterocycles. The molecule has 4 heavy (non-hydrogen) atoms. The van der Waals surface area contributed by atoms with Crippen LogP contribution in [0.3, 0.4) is 0 Å². The minimum absolute atomic E-state index is 0. The average Bonchev–Trinajstić information content (AvgIpc) is 1.46. The number of halogens is 1. The van der Waals surface area contributed by atoms with Crippen molar-refractivity contribution in [2.75, 3.05) is 0 Å². The molecule has 1 aliphatic rings. The van der Waals surface area contributed by atoms with Crippen LogP contribution in [0.2, 0.25) is 9.62 Å². The molecule has 0 aromatic heterocycles. The van der Waals surface area contributed by atoms with Crippen molar-refractivity contribution in [3.05, 3.63) is 0 Å². The van der Waals surface area contributed by atoms with Crippen LogP contribution in [0.1, 0.15) is 0 Å². The summed E-state index contributed by atoms with van der Waals surface area (Å²) >= 11 is 0.833. The summed E-state index contributed by atoms with van der Waals surface area (Å²) in [6.07, 6.45) is 0. The van der Waals surface area contributed by atoms with Crippen LogP contribution >= 0.6 is 12.4 Å². The molecule has 0 nitrogen and oxygen atoms in total. The van der Waals surface area contributed by atoms with Gasteiger partial charge in [0.25, 0.3) is 0 Å². The SMILES string of the molecule is Cl.[CH2]1[CH2][Pt]1. The van der Waals surface area contributed by atoms with E-state index in [0.717, 1.165) is 18.6 Å². The van der Waals surface area contributed by atoms with Gasteiger partial charge in [0, 0.05) is 0 Å². The molecule has 0 unspecified atom stereocenters. The predicted molar refractivity (Wildman–Crippen MR) is 16.9 cm³/mol. The fourth-order valence-corrected chi connectivity index (χ4v) is 0. The van der Waals surface area contributed by atoms with Crippen LogP contribution in [0.25, 0.3) is 0 Å². The molecule has 0 spiro atoms. The molecule has 0 N–H and O–H groups in total. The average molecular weight is 260 g/mol. The first-order valence-electron chi connectivity index (χ1n) is 0.947. The minimum atomic E-state index is 0. The molecule has 1 aliphatic heterocycles. The fraction of sp³-hybridized carbons (Fsp3) is 1.00. The normalized spacial score (nSPS) is 20.0. The molecule has 0 radical (unpaired) electrons. The maximum atomic E-state index is 1.61. The van der Waals surface area contributed by atoms with E-state index in [1.165, 1.54) is 0 Å². The van der Waals surface area contributed by atoms with Gasteiger partial charge in [-0.25, -0.2) is 0 Å². The van der Waals surface area contributed by atoms with E-state index in [1.54, 1.807) is 9.62 Å². The maximum absolute atomic E-state index is 1.61. The van der Waals surface area contributed by atoms with Gasteiger partial charge in [0.05, 0.1) is 0 Å².